The van der Waals surface area contributed by atoms with E-state index in [0.717, 1.165) is 10.5 Å². The molecule has 0 fully saturated rings. The van der Waals surface area contributed by atoms with E-state index >= 15 is 0 Å². The van der Waals surface area contributed by atoms with Gasteiger partial charge in [-0.1, -0.05) is 17.7 Å². The topological polar surface area (TPSA) is 92.3 Å². The summed E-state index contributed by atoms with van der Waals surface area (Å²) in [5.74, 6) is 0.0574. The van der Waals surface area contributed by atoms with Gasteiger partial charge in [0.05, 0.1) is 26.5 Å². The molecule has 2 N–H and O–H groups in total. The van der Waals surface area contributed by atoms with E-state index in [2.05, 4.69) is 10.6 Å². The standard InChI is InChI=1S/C20H21ClN2O4S2/c1-12-3-5-16(15(21)9-12)22-20(25)10-13(2)29(26,27)14-4-6-18-17(11-14)23-19(24)7-8-28-18/h3-6,9,11,13H,7-8,10H2,1-2H3,(H,22,25)(H,23,24). The Labute approximate surface area is 179 Å². The SMILES string of the molecule is Cc1ccc(NC(=O)CC(C)S(=O)(=O)c2ccc3c(c2)NC(=O)CCS3)c(Cl)c1. The molecule has 9 heteroatoms. The lowest BCUT2D eigenvalue weighted by atomic mass is 10.2. The highest BCUT2D eigenvalue weighted by Crippen LogP contribution is 2.33. The number of aryl methyl sites for hydroxylation is 1. The van der Waals surface area contributed by atoms with Gasteiger partial charge in [-0.3, -0.25) is 9.59 Å². The second kappa shape index (κ2) is 8.77. The third kappa shape index (κ3) is 5.12. The molecule has 1 aliphatic heterocycles. The van der Waals surface area contributed by atoms with Crippen molar-refractivity contribution in [3.63, 3.8) is 0 Å². The molecule has 0 saturated heterocycles. The Morgan fingerprint density at radius 3 is 2.76 bits per heavy atom. The molecule has 1 unspecified atom stereocenters. The predicted molar refractivity (Wildman–Crippen MR) is 116 cm³/mol. The van der Waals surface area contributed by atoms with Gasteiger partial charge >= 0.3 is 0 Å². The van der Waals surface area contributed by atoms with Crippen LogP contribution in [-0.4, -0.2) is 31.2 Å². The van der Waals surface area contributed by atoms with Crippen LogP contribution in [0.1, 0.15) is 25.3 Å². The molecule has 29 heavy (non-hydrogen) atoms. The average molecular weight is 453 g/mol. The van der Waals surface area contributed by atoms with E-state index in [0.29, 0.717) is 28.6 Å². The number of anilines is 2. The van der Waals surface area contributed by atoms with E-state index in [-0.39, 0.29) is 17.2 Å². The third-order valence-corrected chi connectivity index (χ3v) is 8.07. The number of benzene rings is 2. The molecule has 0 saturated carbocycles. The van der Waals surface area contributed by atoms with Crippen molar-refractivity contribution in [2.75, 3.05) is 16.4 Å². The fraction of sp³-hybridized carbons (Fsp3) is 0.300. The number of nitrogens with one attached hydrogen (secondary N) is 2. The van der Waals surface area contributed by atoms with Crippen LogP contribution < -0.4 is 10.6 Å². The van der Waals surface area contributed by atoms with Crippen molar-refractivity contribution in [3.05, 3.63) is 47.0 Å². The lowest BCUT2D eigenvalue weighted by molar-refractivity contribution is -0.116. The van der Waals surface area contributed by atoms with Crippen LogP contribution in [0.5, 0.6) is 0 Å². The molecule has 0 aromatic heterocycles. The van der Waals surface area contributed by atoms with Gasteiger partial charge in [0.25, 0.3) is 0 Å². The van der Waals surface area contributed by atoms with Gasteiger partial charge in [-0.25, -0.2) is 8.42 Å². The molecule has 6 nitrogen and oxygen atoms in total. The number of thioether (sulfide) groups is 1. The molecular formula is C20H21ClN2O4S2. The summed E-state index contributed by atoms with van der Waals surface area (Å²) in [5.41, 5.74) is 1.88. The highest BCUT2D eigenvalue weighted by molar-refractivity contribution is 7.99. The Kier molecular flexibility index (Phi) is 6.55. The number of sulfone groups is 1. The van der Waals surface area contributed by atoms with Crippen LogP contribution in [0.15, 0.2) is 46.2 Å². The summed E-state index contributed by atoms with van der Waals surface area (Å²) >= 11 is 7.62. The molecule has 3 rings (SSSR count). The van der Waals surface area contributed by atoms with Crippen LogP contribution in [0.3, 0.4) is 0 Å². The molecule has 2 aromatic rings. The fourth-order valence-electron chi connectivity index (χ4n) is 2.90. The smallest absolute Gasteiger partial charge is 0.225 e. The zero-order valence-electron chi connectivity index (χ0n) is 16.0. The zero-order valence-corrected chi connectivity index (χ0v) is 18.4. The van der Waals surface area contributed by atoms with E-state index in [9.17, 15) is 18.0 Å². The second-order valence-electron chi connectivity index (χ2n) is 6.90. The number of carbonyl (C=O) groups excluding carboxylic acids is 2. The Bertz CT molecular complexity index is 1070. The van der Waals surface area contributed by atoms with Crippen molar-refractivity contribution in [2.24, 2.45) is 0 Å². The Balaban J connectivity index is 1.75. The molecule has 0 spiro atoms. The Morgan fingerprint density at radius 1 is 1.28 bits per heavy atom. The number of rotatable bonds is 5. The van der Waals surface area contributed by atoms with Gasteiger partial charge in [-0.05, 0) is 49.7 Å². The van der Waals surface area contributed by atoms with E-state index in [1.807, 2.05) is 13.0 Å². The first kappa shape index (κ1) is 21.7. The Morgan fingerprint density at radius 2 is 2.03 bits per heavy atom. The van der Waals surface area contributed by atoms with Crippen LogP contribution in [0.25, 0.3) is 0 Å². The summed E-state index contributed by atoms with van der Waals surface area (Å²) in [5, 5.41) is 4.85. The molecule has 0 bridgehead atoms. The van der Waals surface area contributed by atoms with Gasteiger partial charge in [0.1, 0.15) is 0 Å². The zero-order chi connectivity index (χ0) is 21.2. The van der Waals surface area contributed by atoms with E-state index < -0.39 is 21.0 Å². The van der Waals surface area contributed by atoms with E-state index in [1.54, 1.807) is 18.2 Å². The maximum Gasteiger partial charge on any atom is 0.225 e. The molecular weight excluding hydrogens is 432 g/mol. The molecule has 1 aliphatic rings. The van der Waals surface area contributed by atoms with Gasteiger partial charge in [0.2, 0.25) is 11.8 Å². The summed E-state index contributed by atoms with van der Waals surface area (Å²) in [6, 6.07) is 9.89. The molecule has 0 aliphatic carbocycles. The minimum atomic E-state index is -3.76. The molecule has 0 radical (unpaired) electrons. The number of halogens is 1. The summed E-state index contributed by atoms with van der Waals surface area (Å²) in [6.45, 7) is 3.37. The number of fused-ring (bicyclic) bond motifs is 1. The highest BCUT2D eigenvalue weighted by Gasteiger charge is 2.27. The Hall–Kier alpha value is -2.03. The molecule has 2 amide bonds. The van der Waals surface area contributed by atoms with Crippen molar-refractivity contribution in [2.45, 2.75) is 41.7 Å². The van der Waals surface area contributed by atoms with Crippen LogP contribution in [0.4, 0.5) is 11.4 Å². The maximum absolute atomic E-state index is 13.0. The van der Waals surface area contributed by atoms with Crippen molar-refractivity contribution in [3.8, 4) is 0 Å². The quantitative estimate of drug-likeness (QED) is 0.706. The fourth-order valence-corrected chi connectivity index (χ4v) is 5.50. The van der Waals surface area contributed by atoms with Crippen molar-refractivity contribution in [1.82, 2.24) is 0 Å². The van der Waals surface area contributed by atoms with Crippen LogP contribution in [-0.2, 0) is 19.4 Å². The normalized spacial score (nSPS) is 15.1. The first-order valence-corrected chi connectivity index (χ1v) is 11.9. The number of hydrogen-bond acceptors (Lipinski definition) is 5. The lowest BCUT2D eigenvalue weighted by Crippen LogP contribution is -2.25. The van der Waals surface area contributed by atoms with Crippen LogP contribution >= 0.6 is 23.4 Å². The van der Waals surface area contributed by atoms with Gasteiger partial charge in [0, 0.05) is 23.5 Å². The largest absolute Gasteiger partial charge is 0.325 e. The summed E-state index contributed by atoms with van der Waals surface area (Å²) < 4.78 is 25.9. The first-order valence-electron chi connectivity index (χ1n) is 9.03. The lowest BCUT2D eigenvalue weighted by Gasteiger charge is -2.15. The monoisotopic (exact) mass is 452 g/mol. The second-order valence-corrected chi connectivity index (χ2v) is 10.8. The average Bonchev–Trinajstić information content (AvgIpc) is 2.83. The summed E-state index contributed by atoms with van der Waals surface area (Å²) in [4.78, 5) is 25.0. The van der Waals surface area contributed by atoms with Gasteiger partial charge in [-0.2, -0.15) is 0 Å². The third-order valence-electron chi connectivity index (χ3n) is 4.54. The van der Waals surface area contributed by atoms with Gasteiger partial charge < -0.3 is 10.6 Å². The van der Waals surface area contributed by atoms with Crippen LogP contribution in [0, 0.1) is 6.92 Å². The summed E-state index contributed by atoms with van der Waals surface area (Å²) in [7, 11) is -3.76. The number of amides is 2. The minimum absolute atomic E-state index is 0.0766. The van der Waals surface area contributed by atoms with E-state index in [4.69, 9.17) is 11.6 Å². The van der Waals surface area contributed by atoms with Crippen molar-refractivity contribution >= 4 is 56.4 Å². The van der Waals surface area contributed by atoms with Gasteiger partial charge in [-0.15, -0.1) is 11.8 Å². The van der Waals surface area contributed by atoms with Gasteiger partial charge in [0.15, 0.2) is 9.84 Å². The predicted octanol–water partition coefficient (Wildman–Crippen LogP) is 4.27. The molecule has 154 valence electrons. The van der Waals surface area contributed by atoms with Crippen LogP contribution in [0.2, 0.25) is 5.02 Å². The number of carbonyl (C=O) groups is 2. The van der Waals surface area contributed by atoms with Crippen molar-refractivity contribution < 1.29 is 18.0 Å². The molecule has 1 heterocycles. The van der Waals surface area contributed by atoms with E-state index in [1.165, 1.54) is 30.8 Å². The van der Waals surface area contributed by atoms with Crippen molar-refractivity contribution in [1.29, 1.82) is 0 Å². The molecule has 1 atom stereocenters. The summed E-state index contributed by atoms with van der Waals surface area (Å²) in [6.07, 6.45) is 0.157. The molecule has 2 aromatic carbocycles. The number of hydrogen-bond donors (Lipinski definition) is 2. The minimum Gasteiger partial charge on any atom is -0.325 e. The highest BCUT2D eigenvalue weighted by atomic mass is 35.5. The maximum atomic E-state index is 13.0. The first-order chi connectivity index (χ1) is 13.7.